The topological polar surface area (TPSA) is 17.0 Å². The van der Waals surface area contributed by atoms with Crippen LogP contribution in [0.5, 0.6) is 0 Å². The first-order chi connectivity index (χ1) is 16.9. The Morgan fingerprint density at radius 1 is 0.833 bits per heavy atom. The summed E-state index contributed by atoms with van der Waals surface area (Å²) in [5.74, 6) is 6.62. The normalized spacial score (nSPS) is 12.6. The Hall–Kier alpha value is -2.92. The van der Waals surface area contributed by atoms with Gasteiger partial charge in [0.05, 0.1) is 0 Å². The molecule has 0 N–H and O–H groups in total. The second-order valence-electron chi connectivity index (χ2n) is 12.0. The number of hydrogen-bond donors (Lipinski definition) is 0. The molecule has 0 amide bonds. The van der Waals surface area contributed by atoms with Gasteiger partial charge in [0.1, 0.15) is 0 Å². The van der Waals surface area contributed by atoms with Gasteiger partial charge >= 0.3 is 217 Å². The molecule has 0 fully saturated rings. The van der Waals surface area contributed by atoms with Crippen LogP contribution in [0, 0.1) is 12.7 Å². The molecule has 2 nitrogen and oxygen atoms in total. The molecule has 0 unspecified atom stereocenters. The van der Waals surface area contributed by atoms with E-state index in [9.17, 15) is 0 Å². The molecule has 5 aromatic rings. The summed E-state index contributed by atoms with van der Waals surface area (Å²) in [7, 11) is 2.05. The number of halogens is 1. The second kappa shape index (κ2) is 8.59. The Labute approximate surface area is 216 Å². The van der Waals surface area contributed by atoms with Gasteiger partial charge in [0.25, 0.3) is 0 Å². The van der Waals surface area contributed by atoms with Gasteiger partial charge in [-0.2, -0.15) is 0 Å². The van der Waals surface area contributed by atoms with Crippen LogP contribution in [0.3, 0.4) is 0 Å². The first-order valence-corrected chi connectivity index (χ1v) is 20.0. The van der Waals surface area contributed by atoms with Crippen LogP contribution < -0.4 is 8.96 Å². The van der Waals surface area contributed by atoms with Crippen molar-refractivity contribution >= 4 is 39.6 Å². The summed E-state index contributed by atoms with van der Waals surface area (Å²) in [5, 5.41) is 2.03. The van der Waals surface area contributed by atoms with Crippen LogP contribution in [0.1, 0.15) is 31.9 Å². The van der Waals surface area contributed by atoms with E-state index in [0.29, 0.717) is 11.1 Å². The first kappa shape index (κ1) is 24.8. The molecule has 2 heterocycles. The number of aryl methyl sites for hydroxylation is 2. The van der Waals surface area contributed by atoms with Gasteiger partial charge in [-0.05, 0) is 0 Å². The van der Waals surface area contributed by atoms with E-state index < -0.39 is 13.3 Å². The Bertz CT molecular complexity index is 1620. The third-order valence-corrected chi connectivity index (χ3v) is 11.4. The molecule has 3 aromatic carbocycles. The maximum atomic E-state index is 16.4. The van der Waals surface area contributed by atoms with Crippen LogP contribution >= 0.6 is 0 Å². The molecule has 5 rings (SSSR count). The van der Waals surface area contributed by atoms with E-state index in [1.54, 1.807) is 0 Å². The Morgan fingerprint density at radius 2 is 1.50 bits per heavy atom. The number of hydrogen-bond acceptors (Lipinski definition) is 1. The molecule has 0 saturated carbocycles. The fourth-order valence-electron chi connectivity index (χ4n) is 5.09. The predicted molar refractivity (Wildman–Crippen MR) is 152 cm³/mol. The molecule has 0 aliphatic rings. The minimum absolute atomic E-state index is 0.0337. The average Bonchev–Trinajstić information content (AvgIpc) is 3.16. The van der Waals surface area contributed by atoms with Crippen molar-refractivity contribution in [3.8, 4) is 22.4 Å². The second-order valence-corrected chi connectivity index (χ2v) is 22.6. The fraction of sp³-hybridized carbons (Fsp3) is 0.281. The minimum atomic E-state index is -2.55. The standard InChI is InChI=1S/C32H35FGeNO/c1-20-12-17-23-24-19-25(34(5,6)7)29(33)28(21-13-15-22(16-14-21)32(2,3)4)31(24)36-30(23)27(20)26-11-9-10-18-35(26)8/h9-19H,1-8H3/q+1. The van der Waals surface area contributed by atoms with Crippen LogP contribution in [0.15, 0.2) is 71.3 Å². The molecule has 0 radical (unpaired) electrons. The third kappa shape index (κ3) is 4.08. The zero-order chi connectivity index (χ0) is 26.0. The summed E-state index contributed by atoms with van der Waals surface area (Å²) in [6, 6.07) is 20.9. The number of pyridine rings is 1. The Kier molecular flexibility index (Phi) is 5.91. The van der Waals surface area contributed by atoms with Crippen LogP contribution in [0.4, 0.5) is 4.39 Å². The van der Waals surface area contributed by atoms with Crippen molar-refractivity contribution in [2.75, 3.05) is 0 Å². The molecule has 0 aliphatic heterocycles. The van der Waals surface area contributed by atoms with E-state index >= 15 is 4.39 Å². The molecule has 0 aliphatic carbocycles. The van der Waals surface area contributed by atoms with E-state index in [4.69, 9.17) is 4.42 Å². The average molecular weight is 541 g/mol. The molecule has 36 heavy (non-hydrogen) atoms. The van der Waals surface area contributed by atoms with Crippen molar-refractivity contribution in [3.05, 3.63) is 83.8 Å². The van der Waals surface area contributed by atoms with Crippen LogP contribution in [0.2, 0.25) is 17.3 Å². The van der Waals surface area contributed by atoms with Crippen molar-refractivity contribution in [2.24, 2.45) is 7.05 Å². The summed E-state index contributed by atoms with van der Waals surface area (Å²) in [6.07, 6.45) is 2.05. The van der Waals surface area contributed by atoms with Gasteiger partial charge in [-0.1, -0.05) is 0 Å². The molecule has 0 atom stereocenters. The van der Waals surface area contributed by atoms with Crippen molar-refractivity contribution in [2.45, 2.75) is 50.4 Å². The predicted octanol–water partition coefficient (Wildman–Crippen LogP) is 8.03. The fourth-order valence-corrected chi connectivity index (χ4v) is 7.95. The van der Waals surface area contributed by atoms with E-state index in [0.717, 1.165) is 43.1 Å². The molecule has 0 spiro atoms. The van der Waals surface area contributed by atoms with Gasteiger partial charge in [0.2, 0.25) is 0 Å². The van der Waals surface area contributed by atoms with Crippen molar-refractivity contribution < 1.29 is 13.4 Å². The summed E-state index contributed by atoms with van der Waals surface area (Å²) < 4.78 is 26.1. The van der Waals surface area contributed by atoms with E-state index in [2.05, 4.69) is 98.1 Å². The van der Waals surface area contributed by atoms with E-state index in [1.165, 1.54) is 5.56 Å². The van der Waals surface area contributed by atoms with Crippen molar-refractivity contribution in [1.29, 1.82) is 0 Å². The van der Waals surface area contributed by atoms with E-state index in [1.807, 2.05) is 25.4 Å². The van der Waals surface area contributed by atoms with Crippen LogP contribution in [-0.4, -0.2) is 13.3 Å². The maximum absolute atomic E-state index is 16.4. The summed E-state index contributed by atoms with van der Waals surface area (Å²) >= 11 is -2.55. The van der Waals surface area contributed by atoms with Crippen LogP contribution in [0.25, 0.3) is 44.3 Å². The molecule has 4 heteroatoms. The number of benzene rings is 3. The van der Waals surface area contributed by atoms with Gasteiger partial charge in [-0.25, -0.2) is 0 Å². The number of furan rings is 1. The molecular weight excluding hydrogens is 506 g/mol. The third-order valence-electron chi connectivity index (χ3n) is 7.24. The number of fused-ring (bicyclic) bond motifs is 3. The van der Waals surface area contributed by atoms with Gasteiger partial charge in [0, 0.05) is 0 Å². The molecule has 0 saturated heterocycles. The van der Waals surface area contributed by atoms with Gasteiger partial charge in [-0.3, -0.25) is 0 Å². The Balaban J connectivity index is 1.90. The quantitative estimate of drug-likeness (QED) is 0.167. The number of aromatic nitrogens is 1. The number of nitrogens with zero attached hydrogens (tertiary/aromatic N) is 1. The first-order valence-electron chi connectivity index (χ1n) is 12.6. The SMILES string of the molecule is Cc1ccc2c(oc3c(-c4ccc(C(C)(C)C)cc4)c(F)[c]([Ge]([CH3])([CH3])[CH3])cc32)c1-c1cccc[n+]1C. The van der Waals surface area contributed by atoms with Crippen LogP contribution in [-0.2, 0) is 12.5 Å². The molecule has 184 valence electrons. The molecule has 0 bridgehead atoms. The van der Waals surface area contributed by atoms with Gasteiger partial charge in [0.15, 0.2) is 0 Å². The van der Waals surface area contributed by atoms with Gasteiger partial charge in [-0.15, -0.1) is 0 Å². The monoisotopic (exact) mass is 542 g/mol. The summed E-state index contributed by atoms with van der Waals surface area (Å²) in [5.41, 5.74) is 7.42. The zero-order valence-electron chi connectivity index (χ0n) is 22.6. The Morgan fingerprint density at radius 3 is 2.11 bits per heavy atom. The molecular formula is C32H35FGeNO+. The van der Waals surface area contributed by atoms with Crippen molar-refractivity contribution in [1.82, 2.24) is 0 Å². The number of rotatable bonds is 3. The summed E-state index contributed by atoms with van der Waals surface area (Å²) in [6.45, 7) is 8.70. The van der Waals surface area contributed by atoms with Gasteiger partial charge < -0.3 is 0 Å². The zero-order valence-corrected chi connectivity index (χ0v) is 24.7. The van der Waals surface area contributed by atoms with E-state index in [-0.39, 0.29) is 11.2 Å². The molecule has 2 aromatic heterocycles. The van der Waals surface area contributed by atoms with Crippen molar-refractivity contribution in [3.63, 3.8) is 0 Å². The summed E-state index contributed by atoms with van der Waals surface area (Å²) in [4.78, 5) is 0.